The molecule has 0 unspecified atom stereocenters. The van der Waals surface area contributed by atoms with Gasteiger partial charge in [0.15, 0.2) is 0 Å². The molecule has 1 heterocycles. The Hall–Kier alpha value is -2.63. The Morgan fingerprint density at radius 2 is 1.90 bits per heavy atom. The number of nitrogens with one attached hydrogen (secondary N) is 2. The van der Waals surface area contributed by atoms with E-state index in [0.717, 1.165) is 6.42 Å². The summed E-state index contributed by atoms with van der Waals surface area (Å²) in [5, 5.41) is 9.93. The zero-order valence-electron chi connectivity index (χ0n) is 11.9. The predicted molar refractivity (Wildman–Crippen MR) is 81.2 cm³/mol. The first-order valence-electron chi connectivity index (χ1n) is 6.72. The maximum atomic E-state index is 12.0. The first-order chi connectivity index (χ1) is 10.0. The van der Waals surface area contributed by atoms with Crippen LogP contribution in [-0.2, 0) is 0 Å². The second-order valence-corrected chi connectivity index (χ2v) is 4.73. The minimum absolute atomic E-state index is 0.0223. The van der Waals surface area contributed by atoms with Crippen LogP contribution in [0, 0.1) is 0 Å². The van der Waals surface area contributed by atoms with Crippen molar-refractivity contribution in [2.45, 2.75) is 26.3 Å². The van der Waals surface area contributed by atoms with Crippen LogP contribution in [0.1, 0.15) is 31.4 Å². The van der Waals surface area contributed by atoms with E-state index in [9.17, 15) is 14.7 Å². The van der Waals surface area contributed by atoms with Crippen molar-refractivity contribution in [3.05, 3.63) is 62.3 Å². The third-order valence-corrected chi connectivity index (χ3v) is 3.15. The molecule has 0 saturated heterocycles. The third kappa shape index (κ3) is 3.28. The van der Waals surface area contributed by atoms with Crippen LogP contribution >= 0.6 is 0 Å². The van der Waals surface area contributed by atoms with E-state index in [1.54, 1.807) is 12.1 Å². The van der Waals surface area contributed by atoms with Gasteiger partial charge in [0, 0.05) is 11.6 Å². The van der Waals surface area contributed by atoms with Gasteiger partial charge >= 0.3 is 5.69 Å². The van der Waals surface area contributed by atoms with Gasteiger partial charge in [-0.25, -0.2) is 4.79 Å². The van der Waals surface area contributed by atoms with Crippen molar-refractivity contribution in [1.82, 2.24) is 9.97 Å². The van der Waals surface area contributed by atoms with E-state index in [1.165, 1.54) is 0 Å². The second kappa shape index (κ2) is 6.21. The average molecular weight is 287 g/mol. The molecular formula is C15H17N3O3. The molecule has 0 saturated carbocycles. The Labute approximate surface area is 121 Å². The van der Waals surface area contributed by atoms with Gasteiger partial charge in [0.25, 0.3) is 5.56 Å². The molecule has 1 aromatic carbocycles. The molecule has 6 heteroatoms. The van der Waals surface area contributed by atoms with Gasteiger partial charge in [0.2, 0.25) is 5.88 Å². The molecule has 2 aromatic rings. The molecule has 0 radical (unpaired) electrons. The van der Waals surface area contributed by atoms with Crippen molar-refractivity contribution in [1.29, 1.82) is 0 Å². The highest BCUT2D eigenvalue weighted by Crippen LogP contribution is 2.15. The van der Waals surface area contributed by atoms with Crippen LogP contribution < -0.4 is 11.2 Å². The lowest BCUT2D eigenvalue weighted by Gasteiger charge is -2.11. The summed E-state index contributed by atoms with van der Waals surface area (Å²) >= 11 is 0. The summed E-state index contributed by atoms with van der Waals surface area (Å²) in [6, 6.07) is 9.06. The molecule has 6 nitrogen and oxygen atoms in total. The lowest BCUT2D eigenvalue weighted by molar-refractivity contribution is 0.447. The highest BCUT2D eigenvalue weighted by molar-refractivity contribution is 6.13. The Balaban J connectivity index is 2.70. The smallest absolute Gasteiger partial charge is 0.328 e. The van der Waals surface area contributed by atoms with Crippen molar-refractivity contribution in [2.75, 3.05) is 0 Å². The van der Waals surface area contributed by atoms with Crippen LogP contribution in [0.5, 0.6) is 5.88 Å². The van der Waals surface area contributed by atoms with Gasteiger partial charge < -0.3 is 5.11 Å². The normalized spacial score (nSPS) is 13.1. The Morgan fingerprint density at radius 3 is 2.48 bits per heavy atom. The number of aromatic amines is 2. The lowest BCUT2D eigenvalue weighted by Crippen LogP contribution is -2.28. The second-order valence-electron chi connectivity index (χ2n) is 4.73. The topological polar surface area (TPSA) is 98.3 Å². The summed E-state index contributed by atoms with van der Waals surface area (Å²) in [4.78, 5) is 32.0. The average Bonchev–Trinajstić information content (AvgIpc) is 2.46. The summed E-state index contributed by atoms with van der Waals surface area (Å²) in [6.45, 7) is 3.90. The number of H-pyrrole nitrogens is 2. The van der Waals surface area contributed by atoms with E-state index in [1.807, 2.05) is 32.0 Å². The molecule has 0 fully saturated rings. The maximum absolute atomic E-state index is 12.0. The standard InChI is InChI=1S/C15H17N3O3/c1-3-9(2)16-12(10-7-5-4-6-8-10)11-13(19)17-15(21)18-14(11)20/h4-9H,3H2,1-2H3,(H3,17,18,19,20,21)/t9-/m0/s1. The summed E-state index contributed by atoms with van der Waals surface area (Å²) in [7, 11) is 0. The number of aliphatic imine (C=N–C) groups is 1. The van der Waals surface area contributed by atoms with Gasteiger partial charge in [0.05, 0.1) is 5.71 Å². The molecule has 0 amide bonds. The zero-order valence-corrected chi connectivity index (χ0v) is 11.9. The first kappa shape index (κ1) is 14.8. The number of hydrogen-bond donors (Lipinski definition) is 3. The van der Waals surface area contributed by atoms with Crippen LogP contribution in [0.4, 0.5) is 0 Å². The van der Waals surface area contributed by atoms with Crippen molar-refractivity contribution in [3.63, 3.8) is 0 Å². The molecule has 0 bridgehead atoms. The van der Waals surface area contributed by atoms with E-state index >= 15 is 0 Å². The van der Waals surface area contributed by atoms with Crippen molar-refractivity contribution in [2.24, 2.45) is 4.99 Å². The van der Waals surface area contributed by atoms with E-state index in [4.69, 9.17) is 0 Å². The van der Waals surface area contributed by atoms with Gasteiger partial charge in [-0.2, -0.15) is 0 Å². The van der Waals surface area contributed by atoms with Gasteiger partial charge in [-0.05, 0) is 13.3 Å². The molecule has 110 valence electrons. The first-order valence-corrected chi connectivity index (χ1v) is 6.72. The van der Waals surface area contributed by atoms with Crippen LogP contribution in [0.25, 0.3) is 0 Å². The van der Waals surface area contributed by atoms with E-state index < -0.39 is 17.1 Å². The predicted octanol–water partition coefficient (Wildman–Crippen LogP) is 1.40. The van der Waals surface area contributed by atoms with Crippen molar-refractivity contribution < 1.29 is 5.11 Å². The summed E-state index contributed by atoms with van der Waals surface area (Å²) < 4.78 is 0. The summed E-state index contributed by atoms with van der Waals surface area (Å²) in [6.07, 6.45) is 0.790. The van der Waals surface area contributed by atoms with Gasteiger partial charge in [0.1, 0.15) is 5.56 Å². The third-order valence-electron chi connectivity index (χ3n) is 3.15. The number of benzene rings is 1. The Kier molecular flexibility index (Phi) is 4.37. The Morgan fingerprint density at radius 1 is 1.24 bits per heavy atom. The van der Waals surface area contributed by atoms with Crippen LogP contribution in [-0.4, -0.2) is 26.8 Å². The highest BCUT2D eigenvalue weighted by Gasteiger charge is 2.18. The quantitative estimate of drug-likeness (QED) is 0.741. The van der Waals surface area contributed by atoms with Crippen molar-refractivity contribution >= 4 is 5.71 Å². The number of hydrogen-bond acceptors (Lipinski definition) is 4. The number of rotatable bonds is 4. The SMILES string of the molecule is CC[C@H](C)N=C(c1ccccc1)c1c(O)[nH]c(=O)[nH]c1=O. The van der Waals surface area contributed by atoms with E-state index in [2.05, 4.69) is 15.0 Å². The van der Waals surface area contributed by atoms with Crippen molar-refractivity contribution in [3.8, 4) is 5.88 Å². The van der Waals surface area contributed by atoms with Crippen LogP contribution in [0.15, 0.2) is 44.9 Å². The molecule has 0 aliphatic carbocycles. The molecule has 21 heavy (non-hydrogen) atoms. The molecule has 0 spiro atoms. The number of nitrogens with zero attached hydrogens (tertiary/aromatic N) is 1. The summed E-state index contributed by atoms with van der Waals surface area (Å²) in [5.74, 6) is -0.477. The lowest BCUT2D eigenvalue weighted by atomic mass is 10.0. The summed E-state index contributed by atoms with van der Waals surface area (Å²) in [5.41, 5.74) is -0.383. The Bertz CT molecular complexity index is 760. The molecule has 0 aliphatic rings. The molecule has 0 aliphatic heterocycles. The highest BCUT2D eigenvalue weighted by atomic mass is 16.3. The van der Waals surface area contributed by atoms with E-state index in [0.29, 0.717) is 11.3 Å². The molecular weight excluding hydrogens is 270 g/mol. The van der Waals surface area contributed by atoms with E-state index in [-0.39, 0.29) is 11.6 Å². The largest absolute Gasteiger partial charge is 0.494 e. The minimum Gasteiger partial charge on any atom is -0.494 e. The van der Waals surface area contributed by atoms with Crippen LogP contribution in [0.3, 0.4) is 0 Å². The minimum atomic E-state index is -0.753. The fourth-order valence-corrected chi connectivity index (χ4v) is 1.89. The fraction of sp³-hybridized carbons (Fsp3) is 0.267. The fourth-order valence-electron chi connectivity index (χ4n) is 1.89. The van der Waals surface area contributed by atoms with Gasteiger partial charge in [-0.1, -0.05) is 37.3 Å². The molecule has 3 N–H and O–H groups in total. The molecule has 2 rings (SSSR count). The number of aromatic hydroxyl groups is 1. The van der Waals surface area contributed by atoms with Gasteiger partial charge in [-0.15, -0.1) is 0 Å². The molecule has 1 atom stereocenters. The van der Waals surface area contributed by atoms with Crippen LogP contribution in [0.2, 0.25) is 0 Å². The zero-order chi connectivity index (χ0) is 15.4. The monoisotopic (exact) mass is 287 g/mol. The molecule has 1 aromatic heterocycles. The van der Waals surface area contributed by atoms with Gasteiger partial charge in [-0.3, -0.25) is 19.8 Å². The maximum Gasteiger partial charge on any atom is 0.328 e. The number of aromatic nitrogens is 2.